The molecule has 0 spiro atoms. The second-order valence-electron chi connectivity index (χ2n) is 10.4. The van der Waals surface area contributed by atoms with E-state index in [-0.39, 0.29) is 22.9 Å². The van der Waals surface area contributed by atoms with Crippen LogP contribution in [-0.4, -0.2) is 52.7 Å². The first-order valence-corrected chi connectivity index (χ1v) is 11.8. The summed E-state index contributed by atoms with van der Waals surface area (Å²) in [6.07, 6.45) is 5.43. The normalized spacial score (nSPS) is 17.8. The van der Waals surface area contributed by atoms with Gasteiger partial charge in [-0.3, -0.25) is 9.67 Å². The van der Waals surface area contributed by atoms with Gasteiger partial charge in [0.25, 0.3) is 0 Å². The minimum absolute atomic E-state index is 0.0115. The maximum Gasteiger partial charge on any atom is 0.205 e. The molecule has 5 rings (SSSR count). The summed E-state index contributed by atoms with van der Waals surface area (Å²) in [5, 5.41) is 33.8. The zero-order chi connectivity index (χ0) is 24.1. The van der Waals surface area contributed by atoms with Crippen LogP contribution in [-0.2, 0) is 0 Å². The minimum Gasteiger partial charge on any atom is -0.507 e. The van der Waals surface area contributed by atoms with Crippen molar-refractivity contribution in [2.45, 2.75) is 64.6 Å². The van der Waals surface area contributed by atoms with Crippen LogP contribution in [0.1, 0.15) is 53.5 Å². The van der Waals surface area contributed by atoms with E-state index < -0.39 is 0 Å². The Kier molecular flexibility index (Phi) is 5.31. The predicted molar refractivity (Wildman–Crippen MR) is 134 cm³/mol. The molecule has 4 N–H and O–H groups in total. The number of aromatic nitrogens is 6. The van der Waals surface area contributed by atoms with Gasteiger partial charge in [-0.05, 0) is 71.2 Å². The third-order valence-corrected chi connectivity index (χ3v) is 6.41. The van der Waals surface area contributed by atoms with E-state index in [1.54, 1.807) is 18.5 Å². The number of aromatic hydroxyl groups is 1. The van der Waals surface area contributed by atoms with Crippen molar-refractivity contribution in [3.63, 3.8) is 0 Å². The average Bonchev–Trinajstić information content (AvgIpc) is 3.39. The molecule has 0 amide bonds. The van der Waals surface area contributed by atoms with Crippen molar-refractivity contribution in [3.8, 4) is 28.1 Å². The monoisotopic (exact) mass is 460 g/mol. The molecule has 9 nitrogen and oxygen atoms in total. The number of aromatic amines is 1. The summed E-state index contributed by atoms with van der Waals surface area (Å²) in [5.74, 6) is 0.947. The molecule has 0 atom stereocenters. The van der Waals surface area contributed by atoms with Gasteiger partial charge in [-0.15, -0.1) is 10.2 Å². The highest BCUT2D eigenvalue weighted by Crippen LogP contribution is 2.40. The molecule has 9 heteroatoms. The first-order valence-electron chi connectivity index (χ1n) is 11.8. The van der Waals surface area contributed by atoms with Crippen molar-refractivity contribution in [1.29, 1.82) is 0 Å². The molecule has 1 aliphatic rings. The van der Waals surface area contributed by atoms with Gasteiger partial charge in [0.15, 0.2) is 5.65 Å². The number of phenols is 1. The van der Waals surface area contributed by atoms with E-state index in [0.717, 1.165) is 47.6 Å². The Morgan fingerprint density at radius 3 is 2.50 bits per heavy atom. The summed E-state index contributed by atoms with van der Waals surface area (Å²) in [6, 6.07) is 7.65. The Bertz CT molecular complexity index is 1310. The third-order valence-electron chi connectivity index (χ3n) is 6.41. The second kappa shape index (κ2) is 8.09. The first-order chi connectivity index (χ1) is 16.2. The lowest BCUT2D eigenvalue weighted by atomic mass is 9.79. The van der Waals surface area contributed by atoms with Crippen LogP contribution in [0.3, 0.4) is 0 Å². The number of rotatable bonds is 5. The highest BCUT2D eigenvalue weighted by atomic mass is 16.3. The SMILES string of the molecule is CCNc1nc2cc(-c3ccc(-c4cn[nH]c4)cc3O)nnc2n1C1CC(C)(C)NC(C)(C)C1. The van der Waals surface area contributed by atoms with Gasteiger partial charge in [0.2, 0.25) is 5.95 Å². The van der Waals surface area contributed by atoms with Crippen LogP contribution in [0.4, 0.5) is 5.95 Å². The molecule has 0 aliphatic carbocycles. The predicted octanol–water partition coefficient (Wildman–Crippen LogP) is 4.50. The maximum atomic E-state index is 10.7. The number of anilines is 1. The molecular weight excluding hydrogens is 428 g/mol. The molecule has 4 heterocycles. The van der Waals surface area contributed by atoms with Gasteiger partial charge < -0.3 is 15.7 Å². The zero-order valence-corrected chi connectivity index (χ0v) is 20.3. The molecule has 34 heavy (non-hydrogen) atoms. The summed E-state index contributed by atoms with van der Waals surface area (Å²) in [6.45, 7) is 11.8. The topological polar surface area (TPSA) is 117 Å². The second-order valence-corrected chi connectivity index (χ2v) is 10.4. The number of nitrogens with zero attached hydrogens (tertiary/aromatic N) is 5. The molecule has 1 aliphatic heterocycles. The number of H-pyrrole nitrogens is 1. The van der Waals surface area contributed by atoms with E-state index >= 15 is 0 Å². The quantitative estimate of drug-likeness (QED) is 0.346. The van der Waals surface area contributed by atoms with E-state index in [0.29, 0.717) is 11.3 Å². The fourth-order valence-electron chi connectivity index (χ4n) is 5.45. The fraction of sp³-hybridized carbons (Fsp3) is 0.440. The highest BCUT2D eigenvalue weighted by molar-refractivity contribution is 5.81. The molecule has 0 radical (unpaired) electrons. The lowest BCUT2D eigenvalue weighted by molar-refractivity contribution is 0.135. The standard InChI is InChI=1S/C25H32N8O/c1-6-26-23-29-20-10-19(18-8-7-15(9-21(18)34)16-13-27-28-14-16)30-31-22(20)33(23)17-11-24(2,3)32-25(4,5)12-17/h7-10,13-14,17,32,34H,6,11-12H2,1-5H3,(H,26,29)(H,27,28). The molecule has 0 saturated carbocycles. The highest BCUT2D eigenvalue weighted by Gasteiger charge is 2.39. The van der Waals surface area contributed by atoms with Gasteiger partial charge in [-0.25, -0.2) is 4.98 Å². The molecule has 178 valence electrons. The largest absolute Gasteiger partial charge is 0.507 e. The van der Waals surface area contributed by atoms with Gasteiger partial charge >= 0.3 is 0 Å². The van der Waals surface area contributed by atoms with E-state index in [4.69, 9.17) is 4.98 Å². The number of hydrogen-bond donors (Lipinski definition) is 4. The number of imidazole rings is 1. The summed E-state index contributed by atoms with van der Waals surface area (Å²) in [4.78, 5) is 4.88. The molecule has 0 bridgehead atoms. The van der Waals surface area contributed by atoms with Gasteiger partial charge in [0, 0.05) is 41.0 Å². The molecule has 1 fully saturated rings. The summed E-state index contributed by atoms with van der Waals surface area (Å²) >= 11 is 0. The van der Waals surface area contributed by atoms with Crippen molar-refractivity contribution >= 4 is 17.1 Å². The number of benzene rings is 1. The summed E-state index contributed by atoms with van der Waals surface area (Å²) in [7, 11) is 0. The molecule has 1 aromatic carbocycles. The number of nitrogens with one attached hydrogen (secondary N) is 3. The first kappa shape index (κ1) is 22.3. The van der Waals surface area contributed by atoms with Crippen molar-refractivity contribution in [2.24, 2.45) is 0 Å². The van der Waals surface area contributed by atoms with Crippen LogP contribution in [0, 0.1) is 0 Å². The van der Waals surface area contributed by atoms with Crippen LogP contribution in [0.15, 0.2) is 36.7 Å². The number of fused-ring (bicyclic) bond motifs is 1. The molecule has 1 saturated heterocycles. The van der Waals surface area contributed by atoms with Crippen LogP contribution >= 0.6 is 0 Å². The summed E-state index contributed by atoms with van der Waals surface area (Å²) in [5.41, 5.74) is 4.48. The fourth-order valence-corrected chi connectivity index (χ4v) is 5.45. The Morgan fingerprint density at radius 1 is 1.09 bits per heavy atom. The molecule has 3 aromatic heterocycles. The van der Waals surface area contributed by atoms with Crippen molar-refractivity contribution < 1.29 is 5.11 Å². The van der Waals surface area contributed by atoms with Crippen molar-refractivity contribution in [3.05, 3.63) is 36.7 Å². The lowest BCUT2D eigenvalue weighted by Crippen LogP contribution is -2.58. The number of piperidine rings is 1. The van der Waals surface area contributed by atoms with Crippen LogP contribution < -0.4 is 10.6 Å². The Morgan fingerprint density at radius 2 is 1.85 bits per heavy atom. The van der Waals surface area contributed by atoms with Gasteiger partial charge in [0.1, 0.15) is 11.3 Å². The smallest absolute Gasteiger partial charge is 0.205 e. The van der Waals surface area contributed by atoms with Gasteiger partial charge in [0.05, 0.1) is 11.9 Å². The zero-order valence-electron chi connectivity index (χ0n) is 20.3. The average molecular weight is 461 g/mol. The maximum absolute atomic E-state index is 10.7. The van der Waals surface area contributed by atoms with E-state index in [2.05, 4.69) is 70.2 Å². The Hall–Kier alpha value is -3.46. The lowest BCUT2D eigenvalue weighted by Gasteiger charge is -2.47. The summed E-state index contributed by atoms with van der Waals surface area (Å²) < 4.78 is 2.21. The molecular formula is C25H32N8O. The van der Waals surface area contributed by atoms with Crippen LogP contribution in [0.25, 0.3) is 33.5 Å². The number of hydrogen-bond acceptors (Lipinski definition) is 7. The minimum atomic E-state index is -0.0115. The van der Waals surface area contributed by atoms with Crippen molar-refractivity contribution in [1.82, 2.24) is 35.3 Å². The van der Waals surface area contributed by atoms with E-state index in [9.17, 15) is 5.11 Å². The Labute approximate surface area is 199 Å². The number of phenolic OH excluding ortho intramolecular Hbond substituents is 1. The van der Waals surface area contributed by atoms with Gasteiger partial charge in [-0.2, -0.15) is 5.10 Å². The van der Waals surface area contributed by atoms with Gasteiger partial charge in [-0.1, -0.05) is 6.07 Å². The third kappa shape index (κ3) is 4.11. The Balaban J connectivity index is 1.56. The van der Waals surface area contributed by atoms with Crippen LogP contribution in [0.2, 0.25) is 0 Å². The molecule has 4 aromatic rings. The van der Waals surface area contributed by atoms with Crippen molar-refractivity contribution in [2.75, 3.05) is 11.9 Å². The van der Waals surface area contributed by atoms with Crippen LogP contribution in [0.5, 0.6) is 5.75 Å². The van der Waals surface area contributed by atoms with E-state index in [1.807, 2.05) is 18.2 Å². The molecule has 0 unspecified atom stereocenters. The van der Waals surface area contributed by atoms with E-state index in [1.165, 1.54) is 0 Å².